The van der Waals surface area contributed by atoms with Crippen LogP contribution in [0.15, 0.2) is 30.3 Å². The second-order valence-electron chi connectivity index (χ2n) is 4.96. The number of nitrogens with zero attached hydrogens (tertiary/aromatic N) is 3. The first kappa shape index (κ1) is 13.3. The molecule has 4 nitrogen and oxygen atoms in total. The predicted octanol–water partition coefficient (Wildman–Crippen LogP) is 2.73. The average molecular weight is 289 g/mol. The van der Waals surface area contributed by atoms with Crippen molar-refractivity contribution >= 4 is 17.5 Å². The van der Waals surface area contributed by atoms with E-state index < -0.39 is 0 Å². The minimum absolute atomic E-state index is 0.567. The second-order valence-corrected chi connectivity index (χ2v) is 5.32. The molecule has 1 N–H and O–H groups in total. The van der Waals surface area contributed by atoms with E-state index in [9.17, 15) is 0 Å². The Morgan fingerprint density at radius 3 is 2.80 bits per heavy atom. The zero-order chi connectivity index (χ0) is 13.9. The van der Waals surface area contributed by atoms with Crippen molar-refractivity contribution in [1.29, 1.82) is 0 Å². The van der Waals surface area contributed by atoms with Crippen LogP contribution in [-0.4, -0.2) is 28.5 Å². The lowest BCUT2D eigenvalue weighted by atomic mass is 10.1. The molecule has 0 amide bonds. The Morgan fingerprint density at radius 1 is 1.25 bits per heavy atom. The van der Waals surface area contributed by atoms with Gasteiger partial charge < -0.3 is 5.32 Å². The molecule has 0 fully saturated rings. The van der Waals surface area contributed by atoms with E-state index in [4.69, 9.17) is 11.6 Å². The van der Waals surface area contributed by atoms with E-state index in [2.05, 4.69) is 44.5 Å². The van der Waals surface area contributed by atoms with Gasteiger partial charge in [0.15, 0.2) is 0 Å². The third-order valence-corrected chi connectivity index (χ3v) is 3.87. The molecular weight excluding hydrogens is 272 g/mol. The van der Waals surface area contributed by atoms with Gasteiger partial charge in [0, 0.05) is 38.7 Å². The first-order valence-electron chi connectivity index (χ1n) is 6.75. The van der Waals surface area contributed by atoms with Crippen molar-refractivity contribution in [1.82, 2.24) is 14.9 Å². The van der Waals surface area contributed by atoms with Gasteiger partial charge in [-0.05, 0) is 5.56 Å². The van der Waals surface area contributed by atoms with Gasteiger partial charge in [-0.25, -0.2) is 9.97 Å². The quantitative estimate of drug-likeness (QED) is 0.882. The molecule has 0 bridgehead atoms. The Hall–Kier alpha value is -1.65. The summed E-state index contributed by atoms with van der Waals surface area (Å²) in [5.41, 5.74) is 3.45. The number of anilines is 1. The third kappa shape index (κ3) is 2.76. The SMILES string of the molecule is CNc1nc(Cl)c2c(n1)CCN(Cc1ccccc1)C2. The van der Waals surface area contributed by atoms with Crippen molar-refractivity contribution in [2.24, 2.45) is 0 Å². The van der Waals surface area contributed by atoms with Crippen molar-refractivity contribution in [3.8, 4) is 0 Å². The molecule has 1 aromatic heterocycles. The Balaban J connectivity index is 1.78. The number of nitrogens with one attached hydrogen (secondary N) is 1. The lowest BCUT2D eigenvalue weighted by molar-refractivity contribution is 0.243. The van der Waals surface area contributed by atoms with Crippen LogP contribution >= 0.6 is 11.6 Å². The molecule has 0 unspecified atom stereocenters. The Kier molecular flexibility index (Phi) is 3.85. The lowest BCUT2D eigenvalue weighted by Crippen LogP contribution is -2.31. The van der Waals surface area contributed by atoms with Crippen LogP contribution in [0.5, 0.6) is 0 Å². The molecule has 0 saturated carbocycles. The number of rotatable bonds is 3. The highest BCUT2D eigenvalue weighted by Gasteiger charge is 2.21. The van der Waals surface area contributed by atoms with Gasteiger partial charge in [0.25, 0.3) is 0 Å². The first-order valence-corrected chi connectivity index (χ1v) is 7.13. The van der Waals surface area contributed by atoms with Crippen molar-refractivity contribution in [2.45, 2.75) is 19.5 Å². The smallest absolute Gasteiger partial charge is 0.224 e. The summed E-state index contributed by atoms with van der Waals surface area (Å²) in [6.07, 6.45) is 0.916. The monoisotopic (exact) mass is 288 g/mol. The summed E-state index contributed by atoms with van der Waals surface area (Å²) in [6, 6.07) is 10.5. The van der Waals surface area contributed by atoms with Crippen molar-refractivity contribution in [3.05, 3.63) is 52.3 Å². The Labute approximate surface area is 123 Å². The fraction of sp³-hybridized carbons (Fsp3) is 0.333. The van der Waals surface area contributed by atoms with E-state index in [0.29, 0.717) is 11.1 Å². The summed E-state index contributed by atoms with van der Waals surface area (Å²) < 4.78 is 0. The average Bonchev–Trinajstić information content (AvgIpc) is 2.48. The molecule has 1 aliphatic rings. The first-order chi connectivity index (χ1) is 9.76. The van der Waals surface area contributed by atoms with E-state index >= 15 is 0 Å². The van der Waals surface area contributed by atoms with Crippen LogP contribution in [0.3, 0.4) is 0 Å². The van der Waals surface area contributed by atoms with Crippen LogP contribution in [0.25, 0.3) is 0 Å². The van der Waals surface area contributed by atoms with Crippen LogP contribution in [0.2, 0.25) is 5.15 Å². The molecule has 3 rings (SSSR count). The van der Waals surface area contributed by atoms with Crippen LogP contribution in [0.1, 0.15) is 16.8 Å². The van der Waals surface area contributed by atoms with E-state index in [-0.39, 0.29) is 0 Å². The molecule has 2 aromatic rings. The third-order valence-electron chi connectivity index (χ3n) is 3.56. The summed E-state index contributed by atoms with van der Waals surface area (Å²) in [5.74, 6) is 0.602. The standard InChI is InChI=1S/C15H17ClN4/c1-17-15-18-13-7-8-20(10-12(13)14(16)19-15)9-11-5-3-2-4-6-11/h2-6H,7-10H2,1H3,(H,17,18,19). The normalized spacial score (nSPS) is 14.9. The molecule has 1 aromatic carbocycles. The van der Waals surface area contributed by atoms with Crippen LogP contribution in [-0.2, 0) is 19.5 Å². The number of hydrogen-bond donors (Lipinski definition) is 1. The van der Waals surface area contributed by atoms with Gasteiger partial charge in [-0.1, -0.05) is 41.9 Å². The van der Waals surface area contributed by atoms with E-state index in [0.717, 1.165) is 37.3 Å². The van der Waals surface area contributed by atoms with E-state index in [1.807, 2.05) is 13.1 Å². The second kappa shape index (κ2) is 5.77. The van der Waals surface area contributed by atoms with Crippen LogP contribution in [0, 0.1) is 0 Å². The lowest BCUT2D eigenvalue weighted by Gasteiger charge is -2.28. The molecule has 104 valence electrons. The zero-order valence-corrected chi connectivity index (χ0v) is 12.2. The summed E-state index contributed by atoms with van der Waals surface area (Å²) in [6.45, 7) is 2.75. The molecular formula is C15H17ClN4. The number of halogens is 1. The largest absolute Gasteiger partial charge is 0.357 e. The minimum atomic E-state index is 0.567. The number of aromatic nitrogens is 2. The molecule has 0 radical (unpaired) electrons. The molecule has 1 aliphatic heterocycles. The van der Waals surface area contributed by atoms with Gasteiger partial charge in [-0.2, -0.15) is 0 Å². The molecule has 20 heavy (non-hydrogen) atoms. The fourth-order valence-corrected chi connectivity index (χ4v) is 2.77. The highest BCUT2D eigenvalue weighted by Crippen LogP contribution is 2.25. The topological polar surface area (TPSA) is 41.1 Å². The Bertz CT molecular complexity index is 600. The molecule has 5 heteroatoms. The number of hydrogen-bond acceptors (Lipinski definition) is 4. The maximum atomic E-state index is 6.28. The van der Waals surface area contributed by atoms with Crippen LogP contribution in [0.4, 0.5) is 5.95 Å². The summed E-state index contributed by atoms with van der Waals surface area (Å²) in [5, 5.41) is 3.52. The van der Waals surface area contributed by atoms with Crippen LogP contribution < -0.4 is 5.32 Å². The molecule has 0 spiro atoms. The molecule has 0 saturated heterocycles. The summed E-state index contributed by atoms with van der Waals surface area (Å²) in [7, 11) is 1.81. The highest BCUT2D eigenvalue weighted by atomic mass is 35.5. The number of benzene rings is 1. The fourth-order valence-electron chi connectivity index (χ4n) is 2.52. The molecule has 0 atom stereocenters. The van der Waals surface area contributed by atoms with E-state index in [1.165, 1.54) is 5.56 Å². The van der Waals surface area contributed by atoms with E-state index in [1.54, 1.807) is 0 Å². The van der Waals surface area contributed by atoms with Gasteiger partial charge >= 0.3 is 0 Å². The maximum Gasteiger partial charge on any atom is 0.224 e. The predicted molar refractivity (Wildman–Crippen MR) is 80.8 cm³/mol. The zero-order valence-electron chi connectivity index (χ0n) is 11.4. The highest BCUT2D eigenvalue weighted by molar-refractivity contribution is 6.30. The van der Waals surface area contributed by atoms with Crippen molar-refractivity contribution in [2.75, 3.05) is 18.9 Å². The maximum absolute atomic E-state index is 6.28. The van der Waals surface area contributed by atoms with Gasteiger partial charge in [0.1, 0.15) is 5.15 Å². The van der Waals surface area contributed by atoms with Gasteiger partial charge in [-0.3, -0.25) is 4.90 Å². The van der Waals surface area contributed by atoms with Crippen molar-refractivity contribution in [3.63, 3.8) is 0 Å². The summed E-state index contributed by atoms with van der Waals surface area (Å²) >= 11 is 6.28. The Morgan fingerprint density at radius 2 is 2.05 bits per heavy atom. The van der Waals surface area contributed by atoms with Gasteiger partial charge in [0.05, 0.1) is 5.69 Å². The van der Waals surface area contributed by atoms with Gasteiger partial charge in [-0.15, -0.1) is 0 Å². The summed E-state index contributed by atoms with van der Waals surface area (Å²) in [4.78, 5) is 11.1. The molecule has 0 aliphatic carbocycles. The van der Waals surface area contributed by atoms with Crippen molar-refractivity contribution < 1.29 is 0 Å². The van der Waals surface area contributed by atoms with Gasteiger partial charge in [0.2, 0.25) is 5.95 Å². The number of fused-ring (bicyclic) bond motifs is 1. The minimum Gasteiger partial charge on any atom is -0.357 e. The molecule has 2 heterocycles.